The zero-order chi connectivity index (χ0) is 14.4. The molecule has 1 aliphatic rings. The number of nitrogens with one attached hydrogen (secondary N) is 1. The van der Waals surface area contributed by atoms with Gasteiger partial charge in [-0.1, -0.05) is 12.8 Å². The van der Waals surface area contributed by atoms with E-state index in [0.29, 0.717) is 23.7 Å². The normalized spacial score (nSPS) is 22.8. The first kappa shape index (κ1) is 15.4. The highest BCUT2D eigenvalue weighted by Gasteiger charge is 2.24. The summed E-state index contributed by atoms with van der Waals surface area (Å²) in [5.41, 5.74) is 0. The smallest absolute Gasteiger partial charge is 0.225 e. The molecule has 1 aliphatic carbocycles. The largest absolute Gasteiger partial charge is 0.475 e. The SMILES string of the molecule is CC(C)Oc1ccnc(NCC2CCCCC2CCl)n1. The standard InChI is InChI=1S/C15H24ClN3O/c1-11(2)20-14-7-8-17-15(19-14)18-10-13-6-4-3-5-12(13)9-16/h7-8,11-13H,3-6,9-10H2,1-2H3,(H,17,18,19). The third-order valence-corrected chi connectivity index (χ3v) is 4.17. The van der Waals surface area contributed by atoms with Crippen molar-refractivity contribution in [3.63, 3.8) is 0 Å². The van der Waals surface area contributed by atoms with Gasteiger partial charge in [-0.05, 0) is 38.5 Å². The van der Waals surface area contributed by atoms with Gasteiger partial charge in [0.2, 0.25) is 11.8 Å². The molecule has 0 saturated heterocycles. The summed E-state index contributed by atoms with van der Waals surface area (Å²) in [7, 11) is 0. The molecule has 0 radical (unpaired) electrons. The molecule has 1 aromatic heterocycles. The fourth-order valence-electron chi connectivity index (χ4n) is 2.71. The molecular weight excluding hydrogens is 274 g/mol. The molecular formula is C15H24ClN3O. The maximum atomic E-state index is 6.06. The van der Waals surface area contributed by atoms with Crippen molar-refractivity contribution in [3.05, 3.63) is 12.3 Å². The molecule has 1 heterocycles. The minimum Gasteiger partial charge on any atom is -0.475 e. The summed E-state index contributed by atoms with van der Waals surface area (Å²) >= 11 is 6.06. The van der Waals surface area contributed by atoms with Crippen molar-refractivity contribution in [2.75, 3.05) is 17.7 Å². The summed E-state index contributed by atoms with van der Waals surface area (Å²) in [5.74, 6) is 3.26. The van der Waals surface area contributed by atoms with Gasteiger partial charge in [-0.2, -0.15) is 4.98 Å². The highest BCUT2D eigenvalue weighted by atomic mass is 35.5. The molecule has 5 heteroatoms. The number of nitrogens with zero attached hydrogens (tertiary/aromatic N) is 2. The van der Waals surface area contributed by atoms with Gasteiger partial charge in [0.25, 0.3) is 0 Å². The van der Waals surface area contributed by atoms with Crippen LogP contribution in [0.25, 0.3) is 0 Å². The van der Waals surface area contributed by atoms with Crippen LogP contribution in [-0.2, 0) is 0 Å². The summed E-state index contributed by atoms with van der Waals surface area (Å²) in [6, 6.07) is 1.79. The molecule has 0 bridgehead atoms. The molecule has 4 nitrogen and oxygen atoms in total. The van der Waals surface area contributed by atoms with E-state index in [9.17, 15) is 0 Å². The lowest BCUT2D eigenvalue weighted by Crippen LogP contribution is -2.27. The maximum Gasteiger partial charge on any atom is 0.225 e. The number of ether oxygens (including phenoxy) is 1. The van der Waals surface area contributed by atoms with Crippen molar-refractivity contribution < 1.29 is 4.74 Å². The van der Waals surface area contributed by atoms with Crippen molar-refractivity contribution in [1.82, 2.24) is 9.97 Å². The Hall–Kier alpha value is -1.03. The van der Waals surface area contributed by atoms with Crippen LogP contribution in [0.15, 0.2) is 12.3 Å². The molecule has 2 rings (SSSR count). The average molecular weight is 298 g/mol. The molecule has 2 unspecified atom stereocenters. The van der Waals surface area contributed by atoms with Gasteiger partial charge >= 0.3 is 0 Å². The average Bonchev–Trinajstić information content (AvgIpc) is 2.45. The van der Waals surface area contributed by atoms with Crippen LogP contribution in [-0.4, -0.2) is 28.5 Å². The quantitative estimate of drug-likeness (QED) is 0.813. The van der Waals surface area contributed by atoms with E-state index in [1.807, 2.05) is 13.8 Å². The van der Waals surface area contributed by atoms with Gasteiger partial charge in [-0.25, -0.2) is 4.98 Å². The zero-order valence-electron chi connectivity index (χ0n) is 12.3. The molecule has 1 N–H and O–H groups in total. The van der Waals surface area contributed by atoms with E-state index in [4.69, 9.17) is 16.3 Å². The van der Waals surface area contributed by atoms with Crippen LogP contribution in [0.2, 0.25) is 0 Å². The molecule has 0 aromatic carbocycles. The first-order valence-electron chi connectivity index (χ1n) is 7.48. The summed E-state index contributed by atoms with van der Waals surface area (Å²) in [5, 5.41) is 3.33. The van der Waals surface area contributed by atoms with Crippen LogP contribution in [0.5, 0.6) is 5.88 Å². The second kappa shape index (κ2) is 7.67. The van der Waals surface area contributed by atoms with E-state index in [0.717, 1.165) is 12.4 Å². The number of hydrogen-bond donors (Lipinski definition) is 1. The third-order valence-electron chi connectivity index (χ3n) is 3.77. The number of alkyl halides is 1. The maximum absolute atomic E-state index is 6.06. The fourth-order valence-corrected chi connectivity index (χ4v) is 3.12. The van der Waals surface area contributed by atoms with E-state index < -0.39 is 0 Å². The Kier molecular flexibility index (Phi) is 5.89. The number of hydrogen-bond acceptors (Lipinski definition) is 4. The van der Waals surface area contributed by atoms with Gasteiger partial charge in [-0.3, -0.25) is 0 Å². The van der Waals surface area contributed by atoms with Crippen molar-refractivity contribution in [1.29, 1.82) is 0 Å². The third kappa shape index (κ3) is 4.51. The van der Waals surface area contributed by atoms with E-state index in [1.165, 1.54) is 25.7 Å². The second-order valence-corrected chi connectivity index (χ2v) is 6.03. The summed E-state index contributed by atoms with van der Waals surface area (Å²) < 4.78 is 5.58. The van der Waals surface area contributed by atoms with Gasteiger partial charge in [0, 0.05) is 24.7 Å². The number of halogens is 1. The molecule has 0 spiro atoms. The molecule has 112 valence electrons. The van der Waals surface area contributed by atoms with E-state index >= 15 is 0 Å². The molecule has 1 aromatic rings. The molecule has 0 amide bonds. The lowest BCUT2D eigenvalue weighted by molar-refractivity contribution is 0.232. The Bertz CT molecular complexity index is 414. The minimum absolute atomic E-state index is 0.122. The van der Waals surface area contributed by atoms with E-state index in [2.05, 4.69) is 15.3 Å². The van der Waals surface area contributed by atoms with E-state index in [-0.39, 0.29) is 6.10 Å². The van der Waals surface area contributed by atoms with Crippen LogP contribution in [0, 0.1) is 11.8 Å². The van der Waals surface area contributed by atoms with Gasteiger partial charge in [0.05, 0.1) is 6.10 Å². The van der Waals surface area contributed by atoms with Crippen molar-refractivity contribution in [2.45, 2.75) is 45.6 Å². The van der Waals surface area contributed by atoms with Crippen LogP contribution in [0.4, 0.5) is 5.95 Å². The Morgan fingerprint density at radius 2 is 2.10 bits per heavy atom. The molecule has 1 saturated carbocycles. The summed E-state index contributed by atoms with van der Waals surface area (Å²) in [6.07, 6.45) is 6.95. The topological polar surface area (TPSA) is 47.0 Å². The second-order valence-electron chi connectivity index (χ2n) is 5.72. The van der Waals surface area contributed by atoms with E-state index in [1.54, 1.807) is 12.3 Å². The Morgan fingerprint density at radius 1 is 1.35 bits per heavy atom. The number of rotatable bonds is 6. The molecule has 0 aliphatic heterocycles. The lowest BCUT2D eigenvalue weighted by atomic mass is 9.80. The highest BCUT2D eigenvalue weighted by Crippen LogP contribution is 2.30. The minimum atomic E-state index is 0.122. The predicted molar refractivity (Wildman–Crippen MR) is 82.5 cm³/mol. The van der Waals surface area contributed by atoms with Crippen molar-refractivity contribution >= 4 is 17.5 Å². The van der Waals surface area contributed by atoms with Crippen molar-refractivity contribution in [3.8, 4) is 5.88 Å². The Labute approximate surface area is 126 Å². The van der Waals surface area contributed by atoms with Crippen LogP contribution in [0.3, 0.4) is 0 Å². The molecule has 2 atom stereocenters. The van der Waals surface area contributed by atoms with Crippen LogP contribution in [0.1, 0.15) is 39.5 Å². The fraction of sp³-hybridized carbons (Fsp3) is 0.733. The van der Waals surface area contributed by atoms with Gasteiger partial charge in [0.1, 0.15) is 0 Å². The van der Waals surface area contributed by atoms with Gasteiger partial charge in [-0.15, -0.1) is 11.6 Å². The first-order chi connectivity index (χ1) is 9.69. The van der Waals surface area contributed by atoms with Gasteiger partial charge in [0.15, 0.2) is 0 Å². The Morgan fingerprint density at radius 3 is 2.80 bits per heavy atom. The summed E-state index contributed by atoms with van der Waals surface area (Å²) in [4.78, 5) is 8.62. The van der Waals surface area contributed by atoms with Crippen LogP contribution < -0.4 is 10.1 Å². The van der Waals surface area contributed by atoms with Crippen LogP contribution >= 0.6 is 11.6 Å². The molecule has 20 heavy (non-hydrogen) atoms. The first-order valence-corrected chi connectivity index (χ1v) is 8.02. The predicted octanol–water partition coefficient (Wildman–Crippen LogP) is 3.72. The lowest BCUT2D eigenvalue weighted by Gasteiger charge is -2.30. The monoisotopic (exact) mass is 297 g/mol. The molecule has 1 fully saturated rings. The highest BCUT2D eigenvalue weighted by molar-refractivity contribution is 6.18. The summed E-state index contributed by atoms with van der Waals surface area (Å²) in [6.45, 7) is 4.87. The Balaban J connectivity index is 1.89. The number of anilines is 1. The van der Waals surface area contributed by atoms with Crippen molar-refractivity contribution in [2.24, 2.45) is 11.8 Å². The zero-order valence-corrected chi connectivity index (χ0v) is 13.1. The van der Waals surface area contributed by atoms with Gasteiger partial charge < -0.3 is 10.1 Å². The number of aromatic nitrogens is 2.